The van der Waals surface area contributed by atoms with Crippen LogP contribution in [0.5, 0.6) is 0 Å². The monoisotopic (exact) mass is 395 g/mol. The van der Waals surface area contributed by atoms with E-state index in [9.17, 15) is 14.7 Å². The van der Waals surface area contributed by atoms with Crippen molar-refractivity contribution in [3.63, 3.8) is 0 Å². The Bertz CT molecular complexity index is 843. The van der Waals surface area contributed by atoms with Gasteiger partial charge in [0, 0.05) is 11.3 Å². The van der Waals surface area contributed by atoms with Crippen LogP contribution in [0.1, 0.15) is 26.9 Å². The van der Waals surface area contributed by atoms with Gasteiger partial charge in [0.25, 0.3) is 5.91 Å². The van der Waals surface area contributed by atoms with Gasteiger partial charge in [0.05, 0.1) is 10.0 Å². The highest BCUT2D eigenvalue weighted by atomic mass is 35.5. The number of rotatable bonds is 3. The molecule has 4 nitrogen and oxygen atoms in total. The molecule has 3 rings (SSSR count). The second-order valence-electron chi connectivity index (χ2n) is 5.74. The molecule has 2 aromatic rings. The summed E-state index contributed by atoms with van der Waals surface area (Å²) in [6.07, 6.45) is 0. The number of aryl methyl sites for hydroxylation is 1. The van der Waals surface area contributed by atoms with E-state index in [2.05, 4.69) is 0 Å². The molecule has 1 heterocycles. The van der Waals surface area contributed by atoms with E-state index in [1.165, 1.54) is 16.7 Å². The second-order valence-corrected chi connectivity index (χ2v) is 7.67. The first-order chi connectivity index (χ1) is 11.9. The molecule has 130 valence electrons. The Morgan fingerprint density at radius 2 is 1.88 bits per heavy atom. The highest BCUT2D eigenvalue weighted by molar-refractivity contribution is 7.99. The van der Waals surface area contributed by atoms with Gasteiger partial charge in [-0.3, -0.25) is 4.79 Å². The predicted octanol–water partition coefficient (Wildman–Crippen LogP) is 4.64. The Balaban J connectivity index is 2.03. The molecule has 7 heteroatoms. The number of amides is 1. The Morgan fingerprint density at radius 1 is 1.16 bits per heavy atom. The van der Waals surface area contributed by atoms with E-state index in [0.717, 1.165) is 11.1 Å². The first-order valence-corrected chi connectivity index (χ1v) is 9.38. The predicted molar refractivity (Wildman–Crippen MR) is 100 cm³/mol. The molecule has 0 aromatic heterocycles. The minimum Gasteiger partial charge on any atom is -0.480 e. The number of aliphatic carboxylic acids is 1. The fraction of sp³-hybridized carbons (Fsp3) is 0.222. The van der Waals surface area contributed by atoms with Crippen molar-refractivity contribution in [1.82, 2.24) is 4.90 Å². The molecule has 1 saturated heterocycles. The molecule has 1 N–H and O–H groups in total. The van der Waals surface area contributed by atoms with Crippen LogP contribution in [0.2, 0.25) is 10.0 Å². The van der Waals surface area contributed by atoms with Crippen LogP contribution in [0.15, 0.2) is 42.5 Å². The molecule has 1 aliphatic heterocycles. The van der Waals surface area contributed by atoms with Gasteiger partial charge in [0.1, 0.15) is 11.4 Å². The maximum Gasteiger partial charge on any atom is 0.327 e. The third kappa shape index (κ3) is 3.50. The van der Waals surface area contributed by atoms with E-state index in [4.69, 9.17) is 23.2 Å². The first kappa shape index (κ1) is 18.1. The number of benzene rings is 2. The smallest absolute Gasteiger partial charge is 0.327 e. The highest BCUT2D eigenvalue weighted by Crippen LogP contribution is 2.43. The zero-order valence-electron chi connectivity index (χ0n) is 13.3. The number of carbonyl (C=O) groups excluding carboxylic acids is 1. The molecule has 1 aliphatic rings. The van der Waals surface area contributed by atoms with Crippen molar-refractivity contribution in [1.29, 1.82) is 0 Å². The maximum atomic E-state index is 13.1. The van der Waals surface area contributed by atoms with Gasteiger partial charge in [-0.1, -0.05) is 47.5 Å². The molecule has 2 aromatic carbocycles. The lowest BCUT2D eigenvalue weighted by atomic mass is 10.1. The van der Waals surface area contributed by atoms with Crippen LogP contribution in [0.25, 0.3) is 0 Å². The largest absolute Gasteiger partial charge is 0.480 e. The summed E-state index contributed by atoms with van der Waals surface area (Å²) in [7, 11) is 0. The molecule has 2 atom stereocenters. The van der Waals surface area contributed by atoms with Crippen molar-refractivity contribution in [2.24, 2.45) is 0 Å². The molecule has 0 unspecified atom stereocenters. The lowest BCUT2D eigenvalue weighted by Gasteiger charge is -2.28. The minimum absolute atomic E-state index is 0.299. The zero-order chi connectivity index (χ0) is 18.1. The Labute approximate surface area is 159 Å². The lowest BCUT2D eigenvalue weighted by molar-refractivity contribution is -0.141. The molecular weight excluding hydrogens is 381 g/mol. The topological polar surface area (TPSA) is 57.6 Å². The normalized spacial score (nSPS) is 19.9. The maximum absolute atomic E-state index is 13.1. The van der Waals surface area contributed by atoms with Crippen LogP contribution in [-0.4, -0.2) is 33.7 Å². The quantitative estimate of drug-likeness (QED) is 0.821. The number of carbonyl (C=O) groups is 2. The van der Waals surface area contributed by atoms with Gasteiger partial charge in [-0.2, -0.15) is 0 Å². The van der Waals surface area contributed by atoms with E-state index in [1.54, 1.807) is 30.3 Å². The third-order valence-electron chi connectivity index (χ3n) is 4.12. The van der Waals surface area contributed by atoms with Crippen LogP contribution in [0.4, 0.5) is 0 Å². The first-order valence-electron chi connectivity index (χ1n) is 7.58. The van der Waals surface area contributed by atoms with E-state index < -0.39 is 17.4 Å². The number of nitrogens with zero attached hydrogens (tertiary/aromatic N) is 1. The summed E-state index contributed by atoms with van der Waals surface area (Å²) in [5.41, 5.74) is 2.06. The minimum atomic E-state index is -1.02. The summed E-state index contributed by atoms with van der Waals surface area (Å²) in [6.45, 7) is 1.83. The highest BCUT2D eigenvalue weighted by Gasteiger charge is 2.43. The van der Waals surface area contributed by atoms with Crippen molar-refractivity contribution in [3.8, 4) is 0 Å². The summed E-state index contributed by atoms with van der Waals surface area (Å²) in [4.78, 5) is 26.2. The molecule has 0 spiro atoms. The molecule has 25 heavy (non-hydrogen) atoms. The average molecular weight is 396 g/mol. The fourth-order valence-corrected chi connectivity index (χ4v) is 4.54. The number of hydrogen-bond donors (Lipinski definition) is 1. The summed E-state index contributed by atoms with van der Waals surface area (Å²) < 4.78 is 0. The van der Waals surface area contributed by atoms with Gasteiger partial charge in [0.15, 0.2) is 0 Å². The SMILES string of the molecule is Cc1ccccc1C(=O)N1[C@@H](C(=O)O)CS[C@H]1c1ccc(Cl)c(Cl)c1. The van der Waals surface area contributed by atoms with Gasteiger partial charge >= 0.3 is 5.97 Å². The van der Waals surface area contributed by atoms with E-state index in [1.807, 2.05) is 19.1 Å². The van der Waals surface area contributed by atoms with E-state index >= 15 is 0 Å². The van der Waals surface area contributed by atoms with Crippen molar-refractivity contribution in [2.45, 2.75) is 18.3 Å². The van der Waals surface area contributed by atoms with Gasteiger partial charge in [-0.05, 0) is 36.2 Å². The van der Waals surface area contributed by atoms with Gasteiger partial charge in [-0.25, -0.2) is 4.79 Å². The van der Waals surface area contributed by atoms with Crippen LogP contribution in [0.3, 0.4) is 0 Å². The molecule has 0 aliphatic carbocycles. The van der Waals surface area contributed by atoms with Crippen LogP contribution >= 0.6 is 35.0 Å². The second kappa shape index (κ2) is 7.28. The Morgan fingerprint density at radius 3 is 2.52 bits per heavy atom. The molecule has 1 fully saturated rings. The van der Waals surface area contributed by atoms with Gasteiger partial charge < -0.3 is 10.0 Å². The van der Waals surface area contributed by atoms with Crippen LogP contribution < -0.4 is 0 Å². The summed E-state index contributed by atoms with van der Waals surface area (Å²) >= 11 is 13.5. The summed E-state index contributed by atoms with van der Waals surface area (Å²) in [6, 6.07) is 11.4. The van der Waals surface area contributed by atoms with Gasteiger partial charge in [0.2, 0.25) is 0 Å². The van der Waals surface area contributed by atoms with E-state index in [-0.39, 0.29) is 5.91 Å². The molecule has 0 saturated carbocycles. The number of hydrogen-bond acceptors (Lipinski definition) is 3. The standard InChI is InChI=1S/C18H15Cl2NO3S/c1-10-4-2-3-5-12(10)16(22)21-15(18(23)24)9-25-17(21)11-6-7-13(19)14(20)8-11/h2-8,15,17H,9H2,1H3,(H,23,24)/t15-,17+/m1/s1. The summed E-state index contributed by atoms with van der Waals surface area (Å²) in [5.74, 6) is -0.999. The van der Waals surface area contributed by atoms with E-state index in [0.29, 0.717) is 21.4 Å². The fourth-order valence-electron chi connectivity index (χ4n) is 2.82. The van der Waals surface area contributed by atoms with Crippen molar-refractivity contribution >= 4 is 46.8 Å². The van der Waals surface area contributed by atoms with Crippen molar-refractivity contribution < 1.29 is 14.7 Å². The Kier molecular flexibility index (Phi) is 5.27. The van der Waals surface area contributed by atoms with Gasteiger partial charge in [-0.15, -0.1) is 11.8 Å². The molecular formula is C18H15Cl2NO3S. The number of halogens is 2. The summed E-state index contributed by atoms with van der Waals surface area (Å²) in [5, 5.41) is 9.92. The Hall–Kier alpha value is -1.69. The van der Waals surface area contributed by atoms with Crippen LogP contribution in [0, 0.1) is 6.92 Å². The number of carboxylic acids is 1. The van der Waals surface area contributed by atoms with Crippen molar-refractivity contribution in [3.05, 3.63) is 69.2 Å². The number of carboxylic acid groups (broad SMARTS) is 1. The number of thioether (sulfide) groups is 1. The molecule has 0 radical (unpaired) electrons. The molecule has 1 amide bonds. The average Bonchev–Trinajstić information content (AvgIpc) is 3.02. The molecule has 0 bridgehead atoms. The van der Waals surface area contributed by atoms with Crippen molar-refractivity contribution in [2.75, 3.05) is 5.75 Å². The third-order valence-corrected chi connectivity index (χ3v) is 6.19. The zero-order valence-corrected chi connectivity index (χ0v) is 15.6. The van der Waals surface area contributed by atoms with Crippen LogP contribution in [-0.2, 0) is 4.79 Å². The lowest BCUT2D eigenvalue weighted by Crippen LogP contribution is -2.43.